The predicted molar refractivity (Wildman–Crippen MR) is 246 cm³/mol. The van der Waals surface area contributed by atoms with E-state index in [1.165, 1.54) is 61.0 Å². The molecule has 0 saturated heterocycles. The van der Waals surface area contributed by atoms with Gasteiger partial charge in [-0.1, -0.05) is 166 Å². The van der Waals surface area contributed by atoms with Gasteiger partial charge in [-0.05, 0) is 109 Å². The van der Waals surface area contributed by atoms with Crippen molar-refractivity contribution in [3.63, 3.8) is 0 Å². The first-order valence-corrected chi connectivity index (χ1v) is 20.9. The van der Waals surface area contributed by atoms with Crippen LogP contribution in [0.4, 0.5) is 17.1 Å². The highest BCUT2D eigenvalue weighted by Crippen LogP contribution is 2.54. The minimum atomic E-state index is -0.137. The zero-order valence-corrected chi connectivity index (χ0v) is 35.6. The van der Waals surface area contributed by atoms with Crippen molar-refractivity contribution in [2.75, 3.05) is 4.90 Å². The van der Waals surface area contributed by atoms with E-state index in [1.54, 1.807) is 0 Å². The third-order valence-corrected chi connectivity index (χ3v) is 13.3. The Morgan fingerprint density at radius 2 is 0.914 bits per heavy atom. The zero-order chi connectivity index (χ0) is 40.5. The van der Waals surface area contributed by atoms with Crippen LogP contribution < -0.4 is 4.90 Å². The van der Waals surface area contributed by atoms with Gasteiger partial charge < -0.3 is 9.32 Å². The molecule has 8 aromatic rings. The minimum Gasteiger partial charge on any atom is -0.455 e. The topological polar surface area (TPSA) is 16.4 Å². The summed E-state index contributed by atoms with van der Waals surface area (Å²) in [5, 5.41) is 2.30. The third kappa shape index (κ3) is 5.37. The largest absolute Gasteiger partial charge is 0.455 e. The van der Waals surface area contributed by atoms with Gasteiger partial charge in [-0.25, -0.2) is 0 Å². The molecular weight excluding hydrogens is 703 g/mol. The van der Waals surface area contributed by atoms with E-state index in [9.17, 15) is 0 Å². The molecule has 1 heterocycles. The summed E-state index contributed by atoms with van der Waals surface area (Å²) in [6.07, 6.45) is 0. The fourth-order valence-electron chi connectivity index (χ4n) is 10.0. The molecule has 0 atom stereocenters. The molecule has 0 unspecified atom stereocenters. The second-order valence-electron chi connectivity index (χ2n) is 19.9. The standard InChI is InChI=1S/C56H53NO/c1-53(2,3)35-28-44-45-31-38(30-43(34-18-12-11-13-19-34)51(45)58-52(44)50(29-35)54(4,5)6)57(36-24-26-41-39-20-14-16-22-46(39)55(7,8)48(41)32-36)37-25-27-42-40-21-15-17-23-47(40)56(9,10)49(42)33-37/h11-33H,1-10H3. The van der Waals surface area contributed by atoms with Gasteiger partial charge in [-0.3, -0.25) is 0 Å². The van der Waals surface area contributed by atoms with Crippen molar-refractivity contribution in [3.05, 3.63) is 173 Å². The molecule has 7 aromatic carbocycles. The van der Waals surface area contributed by atoms with Crippen LogP contribution in [0, 0.1) is 0 Å². The van der Waals surface area contributed by atoms with Gasteiger partial charge in [-0.2, -0.15) is 0 Å². The van der Waals surface area contributed by atoms with Crippen LogP contribution in [-0.2, 0) is 21.7 Å². The van der Waals surface area contributed by atoms with E-state index in [0.29, 0.717) is 0 Å². The van der Waals surface area contributed by atoms with Gasteiger partial charge in [0.2, 0.25) is 0 Å². The van der Waals surface area contributed by atoms with Gasteiger partial charge in [0.05, 0.1) is 0 Å². The van der Waals surface area contributed by atoms with Crippen LogP contribution in [0.3, 0.4) is 0 Å². The fraction of sp³-hybridized carbons (Fsp3) is 0.250. The second kappa shape index (κ2) is 12.3. The summed E-state index contributed by atoms with van der Waals surface area (Å²) in [7, 11) is 0. The molecule has 2 nitrogen and oxygen atoms in total. The quantitative estimate of drug-likeness (QED) is 0.178. The number of rotatable bonds is 4. The SMILES string of the molecule is CC(C)(C)c1cc(C(C)(C)C)c2oc3c(-c4ccccc4)cc(N(c4ccc5c(c4)C(C)(C)c4ccccc4-5)c4ccc5c(c4)C(C)(C)c4ccccc4-5)cc3c2c1. The van der Waals surface area contributed by atoms with Crippen LogP contribution >= 0.6 is 0 Å². The molecule has 0 N–H and O–H groups in total. The molecule has 0 spiro atoms. The van der Waals surface area contributed by atoms with Crippen molar-refractivity contribution in [1.29, 1.82) is 0 Å². The molecule has 2 aliphatic rings. The Labute approximate surface area is 344 Å². The lowest BCUT2D eigenvalue weighted by Gasteiger charge is -2.30. The molecule has 2 aliphatic carbocycles. The third-order valence-electron chi connectivity index (χ3n) is 13.3. The van der Waals surface area contributed by atoms with Crippen molar-refractivity contribution in [3.8, 4) is 33.4 Å². The Bertz CT molecular complexity index is 2850. The van der Waals surface area contributed by atoms with Crippen molar-refractivity contribution in [2.24, 2.45) is 0 Å². The average molecular weight is 756 g/mol. The average Bonchev–Trinajstić information content (AvgIpc) is 3.76. The molecule has 0 aliphatic heterocycles. The summed E-state index contributed by atoms with van der Waals surface area (Å²) in [5.74, 6) is 0. The van der Waals surface area contributed by atoms with E-state index in [1.807, 2.05) is 0 Å². The first-order valence-electron chi connectivity index (χ1n) is 20.9. The number of fused-ring (bicyclic) bond motifs is 9. The van der Waals surface area contributed by atoms with Gasteiger partial charge in [0.25, 0.3) is 0 Å². The van der Waals surface area contributed by atoms with Gasteiger partial charge in [-0.15, -0.1) is 0 Å². The number of hydrogen-bond donors (Lipinski definition) is 0. The normalized spacial score (nSPS) is 15.0. The molecule has 58 heavy (non-hydrogen) atoms. The van der Waals surface area contributed by atoms with Gasteiger partial charge >= 0.3 is 0 Å². The summed E-state index contributed by atoms with van der Waals surface area (Å²) < 4.78 is 7.14. The molecule has 0 bridgehead atoms. The molecule has 10 rings (SSSR count). The van der Waals surface area contributed by atoms with E-state index in [-0.39, 0.29) is 21.7 Å². The van der Waals surface area contributed by atoms with E-state index in [2.05, 4.69) is 214 Å². The minimum absolute atomic E-state index is 0.0344. The Balaban J connectivity index is 1.29. The van der Waals surface area contributed by atoms with E-state index in [4.69, 9.17) is 4.42 Å². The monoisotopic (exact) mass is 755 g/mol. The summed E-state index contributed by atoms with van der Waals surface area (Å²) >= 11 is 0. The van der Waals surface area contributed by atoms with E-state index >= 15 is 0 Å². The number of nitrogens with zero attached hydrogens (tertiary/aromatic N) is 1. The van der Waals surface area contributed by atoms with Crippen molar-refractivity contribution in [1.82, 2.24) is 0 Å². The lowest BCUT2D eigenvalue weighted by Crippen LogP contribution is -2.18. The predicted octanol–water partition coefficient (Wildman–Crippen LogP) is 15.9. The van der Waals surface area contributed by atoms with Crippen LogP contribution in [0.5, 0.6) is 0 Å². The Hall–Kier alpha value is -5.86. The first-order chi connectivity index (χ1) is 27.5. The Kier molecular flexibility index (Phi) is 7.75. The smallest absolute Gasteiger partial charge is 0.143 e. The number of hydrogen-bond acceptors (Lipinski definition) is 2. The summed E-state index contributed by atoms with van der Waals surface area (Å²) in [5.41, 5.74) is 20.4. The molecule has 288 valence electrons. The summed E-state index contributed by atoms with van der Waals surface area (Å²) in [4.78, 5) is 2.50. The van der Waals surface area contributed by atoms with Crippen molar-refractivity contribution < 1.29 is 4.42 Å². The molecule has 0 fully saturated rings. The Morgan fingerprint density at radius 3 is 1.45 bits per heavy atom. The lowest BCUT2D eigenvalue weighted by atomic mass is 9.79. The maximum absolute atomic E-state index is 7.14. The zero-order valence-electron chi connectivity index (χ0n) is 35.6. The fourth-order valence-corrected chi connectivity index (χ4v) is 10.0. The number of benzene rings is 7. The molecule has 1 aromatic heterocycles. The molecule has 0 saturated carbocycles. The highest BCUT2D eigenvalue weighted by atomic mass is 16.3. The van der Waals surface area contributed by atoms with Crippen molar-refractivity contribution in [2.45, 2.75) is 90.9 Å². The lowest BCUT2D eigenvalue weighted by molar-refractivity contribution is 0.559. The highest BCUT2D eigenvalue weighted by Gasteiger charge is 2.38. The highest BCUT2D eigenvalue weighted by molar-refractivity contribution is 6.13. The van der Waals surface area contributed by atoms with Gasteiger partial charge in [0.15, 0.2) is 0 Å². The van der Waals surface area contributed by atoms with Gasteiger partial charge in [0.1, 0.15) is 11.2 Å². The van der Waals surface area contributed by atoms with Crippen LogP contribution in [0.25, 0.3) is 55.3 Å². The van der Waals surface area contributed by atoms with E-state index in [0.717, 1.165) is 44.7 Å². The maximum Gasteiger partial charge on any atom is 0.143 e. The van der Waals surface area contributed by atoms with E-state index < -0.39 is 0 Å². The molecule has 2 heteroatoms. The van der Waals surface area contributed by atoms with Crippen LogP contribution in [0.1, 0.15) is 103 Å². The summed E-state index contributed by atoms with van der Waals surface area (Å²) in [6.45, 7) is 23.3. The van der Waals surface area contributed by atoms with Crippen LogP contribution in [0.2, 0.25) is 0 Å². The van der Waals surface area contributed by atoms with Crippen LogP contribution in [-0.4, -0.2) is 0 Å². The van der Waals surface area contributed by atoms with Crippen LogP contribution in [0.15, 0.2) is 144 Å². The maximum atomic E-state index is 7.14. The number of furan rings is 1. The molecular formula is C56H53NO. The first kappa shape index (κ1) is 36.5. The summed E-state index contributed by atoms with van der Waals surface area (Å²) in [6, 6.07) is 52.5. The Morgan fingerprint density at radius 1 is 0.414 bits per heavy atom. The van der Waals surface area contributed by atoms with Gasteiger partial charge in [0, 0.05) is 49.8 Å². The molecule has 0 amide bonds. The van der Waals surface area contributed by atoms with Crippen molar-refractivity contribution >= 4 is 39.0 Å². The second-order valence-corrected chi connectivity index (χ2v) is 19.9. The number of anilines is 3. The molecule has 0 radical (unpaired) electrons.